The van der Waals surface area contributed by atoms with Crippen LogP contribution in [-0.4, -0.2) is 19.4 Å². The molecule has 4 rings (SSSR count). The molecule has 0 aromatic carbocycles. The number of halogens is 2. The van der Waals surface area contributed by atoms with Crippen LogP contribution in [0.15, 0.2) is 30.9 Å². The highest BCUT2D eigenvalue weighted by molar-refractivity contribution is 6.34. The molecule has 1 saturated carbocycles. The van der Waals surface area contributed by atoms with Gasteiger partial charge in [-0.2, -0.15) is 0 Å². The van der Waals surface area contributed by atoms with E-state index in [4.69, 9.17) is 23.2 Å². The van der Waals surface area contributed by atoms with E-state index < -0.39 is 0 Å². The molecular weight excluding hydrogens is 295 g/mol. The first-order valence-electron chi connectivity index (χ1n) is 6.38. The number of fused-ring (bicyclic) bond motifs is 1. The van der Waals surface area contributed by atoms with Gasteiger partial charge in [0.05, 0.1) is 16.9 Å². The number of hydrogen-bond acceptors (Lipinski definition) is 3. The number of imidazole rings is 1. The molecule has 0 saturated heterocycles. The highest BCUT2D eigenvalue weighted by atomic mass is 35.5. The van der Waals surface area contributed by atoms with Crippen LogP contribution in [0, 0.1) is 0 Å². The van der Waals surface area contributed by atoms with Gasteiger partial charge < -0.3 is 0 Å². The van der Waals surface area contributed by atoms with Gasteiger partial charge in [0, 0.05) is 30.1 Å². The van der Waals surface area contributed by atoms with E-state index in [2.05, 4.69) is 15.0 Å². The molecule has 1 aliphatic rings. The van der Waals surface area contributed by atoms with E-state index in [1.807, 2.05) is 16.7 Å². The molecule has 0 radical (unpaired) electrons. The fourth-order valence-corrected chi connectivity index (χ4v) is 2.92. The second-order valence-corrected chi connectivity index (χ2v) is 5.62. The Morgan fingerprint density at radius 1 is 1.10 bits per heavy atom. The minimum atomic E-state index is 0.429. The Labute approximate surface area is 125 Å². The maximum Gasteiger partial charge on any atom is 0.154 e. The molecular formula is C14H10Cl2N4. The Kier molecular flexibility index (Phi) is 2.69. The van der Waals surface area contributed by atoms with Gasteiger partial charge in [0.2, 0.25) is 0 Å². The zero-order valence-electron chi connectivity index (χ0n) is 10.4. The number of hydrogen-bond donors (Lipinski definition) is 0. The minimum absolute atomic E-state index is 0.429. The van der Waals surface area contributed by atoms with E-state index in [1.165, 1.54) is 0 Å². The molecule has 4 nitrogen and oxygen atoms in total. The van der Waals surface area contributed by atoms with Gasteiger partial charge in [0.15, 0.2) is 5.15 Å². The summed E-state index contributed by atoms with van der Waals surface area (Å²) in [5.41, 5.74) is 2.62. The Morgan fingerprint density at radius 3 is 2.75 bits per heavy atom. The molecule has 3 heterocycles. The first kappa shape index (κ1) is 12.1. The fourth-order valence-electron chi connectivity index (χ4n) is 2.37. The summed E-state index contributed by atoms with van der Waals surface area (Å²) in [5, 5.41) is 1.12. The highest BCUT2D eigenvalue weighted by Gasteiger charge is 2.29. The average Bonchev–Trinajstić information content (AvgIpc) is 3.19. The molecule has 3 aromatic heterocycles. The largest absolute Gasteiger partial charge is 0.295 e. The molecule has 0 atom stereocenters. The smallest absolute Gasteiger partial charge is 0.154 e. The van der Waals surface area contributed by atoms with E-state index >= 15 is 0 Å². The normalized spacial score (nSPS) is 14.9. The van der Waals surface area contributed by atoms with Gasteiger partial charge >= 0.3 is 0 Å². The molecule has 20 heavy (non-hydrogen) atoms. The first-order valence-corrected chi connectivity index (χ1v) is 7.13. The number of rotatable bonds is 2. The van der Waals surface area contributed by atoms with Crippen molar-refractivity contribution in [2.24, 2.45) is 0 Å². The van der Waals surface area contributed by atoms with Crippen molar-refractivity contribution in [1.29, 1.82) is 0 Å². The van der Waals surface area contributed by atoms with Crippen LogP contribution in [0.3, 0.4) is 0 Å². The summed E-state index contributed by atoms with van der Waals surface area (Å²) < 4.78 is 1.90. The van der Waals surface area contributed by atoms with Gasteiger partial charge in [-0.3, -0.25) is 9.38 Å². The SMILES string of the molecule is Clc1c(-c2ncc3c(Cl)nccn23)ccnc1C1CC1. The van der Waals surface area contributed by atoms with Gasteiger partial charge in [-0.25, -0.2) is 9.97 Å². The van der Waals surface area contributed by atoms with Gasteiger partial charge in [0.25, 0.3) is 0 Å². The molecule has 1 fully saturated rings. The van der Waals surface area contributed by atoms with Crippen molar-refractivity contribution in [3.05, 3.63) is 46.7 Å². The topological polar surface area (TPSA) is 43.1 Å². The van der Waals surface area contributed by atoms with Crippen molar-refractivity contribution in [2.75, 3.05) is 0 Å². The third-order valence-electron chi connectivity index (χ3n) is 3.53. The standard InChI is InChI=1S/C14H10Cl2N4/c15-11-9(3-4-17-12(11)8-1-2-8)14-19-7-10-13(16)18-5-6-20(10)14/h3-8H,1-2H2. The first-order chi connectivity index (χ1) is 9.75. The van der Waals surface area contributed by atoms with E-state index in [0.29, 0.717) is 16.1 Å². The molecule has 3 aromatic rings. The lowest BCUT2D eigenvalue weighted by Gasteiger charge is -2.07. The van der Waals surface area contributed by atoms with Crippen molar-refractivity contribution in [3.63, 3.8) is 0 Å². The van der Waals surface area contributed by atoms with E-state index in [-0.39, 0.29) is 0 Å². The molecule has 0 amide bonds. The van der Waals surface area contributed by atoms with Crippen molar-refractivity contribution in [2.45, 2.75) is 18.8 Å². The van der Waals surface area contributed by atoms with Crippen LogP contribution in [0.2, 0.25) is 10.2 Å². The molecule has 1 aliphatic carbocycles. The van der Waals surface area contributed by atoms with Crippen LogP contribution < -0.4 is 0 Å². The summed E-state index contributed by atoms with van der Waals surface area (Å²) in [4.78, 5) is 12.9. The Hall–Kier alpha value is -1.65. The predicted molar refractivity (Wildman–Crippen MR) is 78.2 cm³/mol. The second kappa shape index (κ2) is 4.43. The molecule has 0 spiro atoms. The van der Waals surface area contributed by atoms with Gasteiger partial charge in [-0.05, 0) is 18.9 Å². The molecule has 0 N–H and O–H groups in total. The highest BCUT2D eigenvalue weighted by Crippen LogP contribution is 2.44. The van der Waals surface area contributed by atoms with Gasteiger partial charge in [-0.1, -0.05) is 23.2 Å². The zero-order chi connectivity index (χ0) is 13.7. The minimum Gasteiger partial charge on any atom is -0.295 e. The molecule has 0 aliphatic heterocycles. The Balaban J connectivity index is 1.95. The lowest BCUT2D eigenvalue weighted by molar-refractivity contribution is 1.02. The van der Waals surface area contributed by atoms with Gasteiger partial charge in [-0.15, -0.1) is 0 Å². The summed E-state index contributed by atoms with van der Waals surface area (Å²) in [6.45, 7) is 0. The van der Waals surface area contributed by atoms with E-state index in [0.717, 1.165) is 35.4 Å². The van der Waals surface area contributed by atoms with Crippen LogP contribution in [-0.2, 0) is 0 Å². The summed E-state index contributed by atoms with van der Waals surface area (Å²) in [7, 11) is 0. The number of nitrogens with zero attached hydrogens (tertiary/aromatic N) is 4. The lowest BCUT2D eigenvalue weighted by Crippen LogP contribution is -1.95. The van der Waals surface area contributed by atoms with Crippen LogP contribution in [0.4, 0.5) is 0 Å². The summed E-state index contributed by atoms with van der Waals surface area (Å²) >= 11 is 12.6. The monoisotopic (exact) mass is 304 g/mol. The van der Waals surface area contributed by atoms with Crippen molar-refractivity contribution < 1.29 is 0 Å². The third-order valence-corrected chi connectivity index (χ3v) is 4.22. The zero-order valence-corrected chi connectivity index (χ0v) is 11.9. The summed E-state index contributed by atoms with van der Waals surface area (Å²) in [6.07, 6.45) is 9.30. The van der Waals surface area contributed by atoms with Crippen LogP contribution in [0.25, 0.3) is 16.9 Å². The predicted octanol–water partition coefficient (Wildman–Crippen LogP) is 3.98. The lowest BCUT2D eigenvalue weighted by atomic mass is 10.1. The molecule has 100 valence electrons. The fraction of sp³-hybridized carbons (Fsp3) is 0.214. The van der Waals surface area contributed by atoms with Crippen LogP contribution >= 0.6 is 23.2 Å². The third kappa shape index (κ3) is 1.79. The molecule has 0 unspecified atom stereocenters. The summed E-state index contributed by atoms with van der Waals surface area (Å²) in [6, 6.07) is 1.89. The quantitative estimate of drug-likeness (QED) is 0.719. The van der Waals surface area contributed by atoms with Crippen molar-refractivity contribution in [1.82, 2.24) is 19.4 Å². The average molecular weight is 305 g/mol. The molecule has 6 heteroatoms. The number of aromatic nitrogens is 4. The van der Waals surface area contributed by atoms with E-state index in [1.54, 1.807) is 18.6 Å². The number of pyridine rings is 1. The maximum atomic E-state index is 6.51. The Morgan fingerprint density at radius 2 is 1.95 bits per heavy atom. The van der Waals surface area contributed by atoms with E-state index in [9.17, 15) is 0 Å². The van der Waals surface area contributed by atoms with Crippen molar-refractivity contribution >= 4 is 28.7 Å². The second-order valence-electron chi connectivity index (χ2n) is 4.89. The van der Waals surface area contributed by atoms with Crippen LogP contribution in [0.1, 0.15) is 24.5 Å². The maximum absolute atomic E-state index is 6.51. The van der Waals surface area contributed by atoms with Crippen molar-refractivity contribution in [3.8, 4) is 11.4 Å². The summed E-state index contributed by atoms with van der Waals surface area (Å²) in [5.74, 6) is 1.26. The van der Waals surface area contributed by atoms with Crippen LogP contribution in [0.5, 0.6) is 0 Å². The molecule has 0 bridgehead atoms. The Bertz CT molecular complexity index is 808. The van der Waals surface area contributed by atoms with Gasteiger partial charge in [0.1, 0.15) is 11.3 Å².